The largest absolute Gasteiger partial charge is 0.310 e. The van der Waals surface area contributed by atoms with Crippen molar-refractivity contribution in [1.29, 1.82) is 5.26 Å². The van der Waals surface area contributed by atoms with Crippen LogP contribution in [0.1, 0.15) is 64.7 Å². The summed E-state index contributed by atoms with van der Waals surface area (Å²) in [6.07, 6.45) is 11.9. The zero-order valence-electron chi connectivity index (χ0n) is 11.1. The van der Waals surface area contributed by atoms with Gasteiger partial charge in [0.25, 0.3) is 0 Å². The van der Waals surface area contributed by atoms with E-state index in [1.165, 1.54) is 51.4 Å². The van der Waals surface area contributed by atoms with Crippen molar-refractivity contribution in [3.8, 4) is 6.07 Å². The van der Waals surface area contributed by atoms with Crippen LogP contribution in [0.2, 0.25) is 0 Å². The molecule has 2 aliphatic rings. The van der Waals surface area contributed by atoms with E-state index in [1.807, 2.05) is 0 Å². The Morgan fingerprint density at radius 1 is 1.00 bits per heavy atom. The molecule has 17 heavy (non-hydrogen) atoms. The lowest BCUT2D eigenvalue weighted by molar-refractivity contribution is 0.223. The van der Waals surface area contributed by atoms with Gasteiger partial charge in [-0.3, -0.25) is 0 Å². The second-order valence-electron chi connectivity index (χ2n) is 5.98. The minimum Gasteiger partial charge on any atom is -0.310 e. The molecule has 0 radical (unpaired) electrons. The number of nitrogens with one attached hydrogen (secondary N) is 1. The molecule has 0 amide bonds. The zero-order chi connectivity index (χ0) is 12.1. The first-order valence-corrected chi connectivity index (χ1v) is 7.47. The third-order valence-corrected chi connectivity index (χ3v) is 4.77. The van der Waals surface area contributed by atoms with Crippen LogP contribution in [0.25, 0.3) is 0 Å². The van der Waals surface area contributed by atoms with Crippen LogP contribution >= 0.6 is 0 Å². The van der Waals surface area contributed by atoms with Gasteiger partial charge < -0.3 is 5.32 Å². The van der Waals surface area contributed by atoms with E-state index in [9.17, 15) is 5.26 Å². The molecule has 2 heteroatoms. The maximum absolute atomic E-state index is 9.19. The standard InChI is InChI=1S/C15H26N2/c1-12(13-7-3-2-4-8-13)17-15-10-6-5-9-14(15)11-16/h12-15,17H,2-10H2,1H3. The molecule has 2 aliphatic carbocycles. The summed E-state index contributed by atoms with van der Waals surface area (Å²) in [5.41, 5.74) is 0. The van der Waals surface area contributed by atoms with E-state index in [0.29, 0.717) is 12.1 Å². The molecule has 0 bridgehead atoms. The smallest absolute Gasteiger partial charge is 0.0672 e. The molecule has 96 valence electrons. The zero-order valence-corrected chi connectivity index (χ0v) is 11.1. The third-order valence-electron chi connectivity index (χ3n) is 4.77. The van der Waals surface area contributed by atoms with Crippen molar-refractivity contribution >= 4 is 0 Å². The molecule has 0 aromatic rings. The highest BCUT2D eigenvalue weighted by Crippen LogP contribution is 2.29. The number of hydrogen-bond donors (Lipinski definition) is 1. The molecule has 0 aliphatic heterocycles. The number of nitriles is 1. The van der Waals surface area contributed by atoms with Crippen molar-refractivity contribution in [2.24, 2.45) is 11.8 Å². The van der Waals surface area contributed by atoms with E-state index in [0.717, 1.165) is 12.3 Å². The van der Waals surface area contributed by atoms with Crippen LogP contribution in [0, 0.1) is 23.2 Å². The van der Waals surface area contributed by atoms with Gasteiger partial charge in [0.1, 0.15) is 0 Å². The van der Waals surface area contributed by atoms with Crippen molar-refractivity contribution in [1.82, 2.24) is 5.32 Å². The second kappa shape index (κ2) is 6.40. The third kappa shape index (κ3) is 3.45. The van der Waals surface area contributed by atoms with Gasteiger partial charge in [0, 0.05) is 12.1 Å². The summed E-state index contributed by atoms with van der Waals surface area (Å²) in [7, 11) is 0. The molecule has 2 fully saturated rings. The lowest BCUT2D eigenvalue weighted by atomic mass is 9.81. The van der Waals surface area contributed by atoms with Crippen LogP contribution < -0.4 is 5.32 Å². The Kier molecular flexibility index (Phi) is 4.86. The van der Waals surface area contributed by atoms with Gasteiger partial charge in [-0.25, -0.2) is 0 Å². The highest BCUT2D eigenvalue weighted by Gasteiger charge is 2.28. The Bertz CT molecular complexity index is 263. The minimum absolute atomic E-state index is 0.259. The van der Waals surface area contributed by atoms with Gasteiger partial charge in [0.15, 0.2) is 0 Å². The summed E-state index contributed by atoms with van der Waals surface area (Å²) in [6, 6.07) is 3.57. The molecule has 0 heterocycles. The molecule has 0 saturated heterocycles. The SMILES string of the molecule is CC(NC1CCCCC1C#N)C1CCCCC1. The van der Waals surface area contributed by atoms with Crippen LogP contribution in [0.4, 0.5) is 0 Å². The van der Waals surface area contributed by atoms with E-state index < -0.39 is 0 Å². The van der Waals surface area contributed by atoms with E-state index in [4.69, 9.17) is 0 Å². The topological polar surface area (TPSA) is 35.8 Å². The fourth-order valence-corrected chi connectivity index (χ4v) is 3.59. The summed E-state index contributed by atoms with van der Waals surface area (Å²) in [4.78, 5) is 0. The summed E-state index contributed by atoms with van der Waals surface area (Å²) < 4.78 is 0. The Labute approximate surface area is 106 Å². The van der Waals surface area contributed by atoms with Crippen LogP contribution in [0.5, 0.6) is 0 Å². The average Bonchev–Trinajstić information content (AvgIpc) is 2.40. The van der Waals surface area contributed by atoms with Crippen molar-refractivity contribution in [2.45, 2.75) is 76.8 Å². The van der Waals surface area contributed by atoms with E-state index in [1.54, 1.807) is 0 Å². The lowest BCUT2D eigenvalue weighted by Crippen LogP contribution is -2.46. The fourth-order valence-electron chi connectivity index (χ4n) is 3.59. The van der Waals surface area contributed by atoms with Gasteiger partial charge in [0.2, 0.25) is 0 Å². The normalized spacial score (nSPS) is 32.9. The van der Waals surface area contributed by atoms with Crippen molar-refractivity contribution in [2.75, 3.05) is 0 Å². The molecule has 1 N–H and O–H groups in total. The highest BCUT2D eigenvalue weighted by atomic mass is 15.0. The van der Waals surface area contributed by atoms with Gasteiger partial charge in [-0.15, -0.1) is 0 Å². The molecule has 2 nitrogen and oxygen atoms in total. The Morgan fingerprint density at radius 3 is 2.35 bits per heavy atom. The monoisotopic (exact) mass is 234 g/mol. The lowest BCUT2D eigenvalue weighted by Gasteiger charge is -2.35. The maximum Gasteiger partial charge on any atom is 0.0672 e. The van der Waals surface area contributed by atoms with Gasteiger partial charge in [-0.1, -0.05) is 32.1 Å². The van der Waals surface area contributed by atoms with Crippen molar-refractivity contribution < 1.29 is 0 Å². The van der Waals surface area contributed by atoms with Gasteiger partial charge in [-0.05, 0) is 38.5 Å². The number of rotatable bonds is 3. The minimum atomic E-state index is 0.259. The fraction of sp³-hybridized carbons (Fsp3) is 0.933. The predicted octanol–water partition coefficient (Wildman–Crippen LogP) is 3.63. The average molecular weight is 234 g/mol. The molecule has 0 aromatic carbocycles. The number of nitrogens with zero attached hydrogens (tertiary/aromatic N) is 1. The van der Waals surface area contributed by atoms with Gasteiger partial charge in [-0.2, -0.15) is 5.26 Å². The molecule has 2 rings (SSSR count). The first-order valence-electron chi connectivity index (χ1n) is 7.47. The molecular weight excluding hydrogens is 208 g/mol. The summed E-state index contributed by atoms with van der Waals surface area (Å²) >= 11 is 0. The van der Waals surface area contributed by atoms with Gasteiger partial charge >= 0.3 is 0 Å². The van der Waals surface area contributed by atoms with Gasteiger partial charge in [0.05, 0.1) is 12.0 Å². The maximum atomic E-state index is 9.19. The van der Waals surface area contributed by atoms with E-state index in [2.05, 4.69) is 18.3 Å². The summed E-state index contributed by atoms with van der Waals surface area (Å²) in [5, 5.41) is 13.0. The molecule has 0 aromatic heterocycles. The number of hydrogen-bond acceptors (Lipinski definition) is 2. The van der Waals surface area contributed by atoms with E-state index >= 15 is 0 Å². The molecule has 3 unspecified atom stereocenters. The molecular formula is C15H26N2. The quantitative estimate of drug-likeness (QED) is 0.809. The Balaban J connectivity index is 1.83. The van der Waals surface area contributed by atoms with Crippen LogP contribution in [0.15, 0.2) is 0 Å². The molecule has 2 saturated carbocycles. The summed E-state index contributed by atoms with van der Waals surface area (Å²) in [6.45, 7) is 2.33. The van der Waals surface area contributed by atoms with Crippen LogP contribution in [0.3, 0.4) is 0 Å². The van der Waals surface area contributed by atoms with E-state index in [-0.39, 0.29) is 5.92 Å². The van der Waals surface area contributed by atoms with Crippen LogP contribution in [-0.4, -0.2) is 12.1 Å². The second-order valence-corrected chi connectivity index (χ2v) is 5.98. The van der Waals surface area contributed by atoms with Crippen molar-refractivity contribution in [3.63, 3.8) is 0 Å². The first-order chi connectivity index (χ1) is 8.31. The first kappa shape index (κ1) is 12.9. The van der Waals surface area contributed by atoms with Crippen LogP contribution in [-0.2, 0) is 0 Å². The summed E-state index contributed by atoms with van der Waals surface area (Å²) in [5.74, 6) is 1.11. The molecule has 0 spiro atoms. The highest BCUT2D eigenvalue weighted by molar-refractivity contribution is 4.96. The Morgan fingerprint density at radius 2 is 1.65 bits per heavy atom. The van der Waals surface area contributed by atoms with Crippen molar-refractivity contribution in [3.05, 3.63) is 0 Å². The molecule has 3 atom stereocenters. The Hall–Kier alpha value is -0.550. The predicted molar refractivity (Wildman–Crippen MR) is 70.5 cm³/mol.